The lowest BCUT2D eigenvalue weighted by atomic mass is 9.96. The number of nitrogens with zero attached hydrogens (tertiary/aromatic N) is 2. The molecule has 0 amide bonds. The fraction of sp³-hybridized carbons (Fsp3) is 0.583. The Morgan fingerprint density at radius 2 is 2.47 bits per heavy atom. The highest BCUT2D eigenvalue weighted by Gasteiger charge is 2.32. The second-order valence-corrected chi connectivity index (χ2v) is 4.22. The number of methoxy groups -OCH3 is 1. The second-order valence-electron chi connectivity index (χ2n) is 4.22. The predicted octanol–water partition coefficient (Wildman–Crippen LogP) is 1.72. The Bertz CT molecular complexity index is 300. The lowest BCUT2D eigenvalue weighted by Gasteiger charge is -2.24. The first kappa shape index (κ1) is 10.6. The summed E-state index contributed by atoms with van der Waals surface area (Å²) < 4.78 is 5.28. The largest absolute Gasteiger partial charge is 0.384 e. The third-order valence-corrected chi connectivity index (χ3v) is 3.18. The summed E-state index contributed by atoms with van der Waals surface area (Å²) in [7, 11) is 3.95. The molecule has 3 nitrogen and oxygen atoms in total. The van der Waals surface area contributed by atoms with Crippen LogP contribution < -0.4 is 0 Å². The smallest absolute Gasteiger partial charge is 0.0509 e. The Morgan fingerprint density at radius 3 is 3.13 bits per heavy atom. The van der Waals surface area contributed by atoms with Gasteiger partial charge in [-0.25, -0.2) is 0 Å². The van der Waals surface area contributed by atoms with Crippen molar-refractivity contribution in [2.75, 3.05) is 27.3 Å². The van der Waals surface area contributed by atoms with Crippen molar-refractivity contribution in [1.82, 2.24) is 9.88 Å². The van der Waals surface area contributed by atoms with E-state index >= 15 is 0 Å². The van der Waals surface area contributed by atoms with Gasteiger partial charge >= 0.3 is 0 Å². The van der Waals surface area contributed by atoms with Crippen LogP contribution in [0.5, 0.6) is 0 Å². The van der Waals surface area contributed by atoms with Crippen molar-refractivity contribution in [2.45, 2.75) is 12.5 Å². The number of likely N-dealkylation sites (tertiary alicyclic amines) is 1. The van der Waals surface area contributed by atoms with Gasteiger partial charge in [-0.05, 0) is 31.6 Å². The molecule has 0 bridgehead atoms. The molecule has 1 aliphatic rings. The van der Waals surface area contributed by atoms with Crippen LogP contribution >= 0.6 is 0 Å². The molecule has 0 aliphatic carbocycles. The summed E-state index contributed by atoms with van der Waals surface area (Å²) >= 11 is 0. The molecule has 0 aromatic carbocycles. The second kappa shape index (κ2) is 4.73. The van der Waals surface area contributed by atoms with Crippen LogP contribution in [0.25, 0.3) is 0 Å². The number of rotatable bonds is 3. The number of aromatic nitrogens is 1. The van der Waals surface area contributed by atoms with E-state index in [0.29, 0.717) is 12.0 Å². The Balaban J connectivity index is 2.17. The monoisotopic (exact) mass is 206 g/mol. The Kier molecular flexibility index (Phi) is 3.34. The minimum atomic E-state index is 0.471. The van der Waals surface area contributed by atoms with Crippen LogP contribution in [0.4, 0.5) is 0 Å². The Morgan fingerprint density at radius 1 is 1.60 bits per heavy atom. The van der Waals surface area contributed by atoms with Gasteiger partial charge in [0.2, 0.25) is 0 Å². The summed E-state index contributed by atoms with van der Waals surface area (Å²) in [6, 6.07) is 4.63. The zero-order valence-corrected chi connectivity index (χ0v) is 9.39. The van der Waals surface area contributed by atoms with Crippen molar-refractivity contribution in [3.8, 4) is 0 Å². The average molecular weight is 206 g/mol. The van der Waals surface area contributed by atoms with Gasteiger partial charge in [-0.2, -0.15) is 0 Å². The molecule has 1 aliphatic heterocycles. The number of hydrogen-bond acceptors (Lipinski definition) is 3. The fourth-order valence-electron chi connectivity index (χ4n) is 2.49. The van der Waals surface area contributed by atoms with E-state index in [2.05, 4.69) is 23.0 Å². The zero-order valence-electron chi connectivity index (χ0n) is 9.39. The molecule has 1 aromatic heterocycles. The van der Waals surface area contributed by atoms with E-state index in [9.17, 15) is 0 Å². The third-order valence-electron chi connectivity index (χ3n) is 3.18. The first-order valence-electron chi connectivity index (χ1n) is 5.42. The molecule has 3 heteroatoms. The van der Waals surface area contributed by atoms with Crippen LogP contribution in [0.15, 0.2) is 24.5 Å². The van der Waals surface area contributed by atoms with Gasteiger partial charge in [0.1, 0.15) is 0 Å². The molecule has 0 spiro atoms. The van der Waals surface area contributed by atoms with Crippen LogP contribution in [0.2, 0.25) is 0 Å². The normalized spacial score (nSPS) is 27.1. The van der Waals surface area contributed by atoms with Crippen LogP contribution in [0.3, 0.4) is 0 Å². The lowest BCUT2D eigenvalue weighted by molar-refractivity contribution is 0.130. The fourth-order valence-corrected chi connectivity index (χ4v) is 2.49. The molecule has 2 atom stereocenters. The van der Waals surface area contributed by atoms with E-state index in [1.54, 1.807) is 7.11 Å². The standard InChI is InChI=1S/C12H18N2O/c1-14-7-5-11(9-15-2)12(14)10-4-3-6-13-8-10/h3-4,6,8,11-12H,5,7,9H2,1-2H3/t11-,12?/m0/s1. The van der Waals surface area contributed by atoms with Crippen LogP contribution in [0.1, 0.15) is 18.0 Å². The van der Waals surface area contributed by atoms with Gasteiger partial charge in [0.25, 0.3) is 0 Å². The number of ether oxygens (including phenoxy) is 1. The average Bonchev–Trinajstić information content (AvgIpc) is 2.62. The summed E-state index contributed by atoms with van der Waals surface area (Å²) in [4.78, 5) is 6.58. The first-order chi connectivity index (χ1) is 7.33. The molecule has 2 heterocycles. The van der Waals surface area contributed by atoms with Crippen molar-refractivity contribution in [3.05, 3.63) is 30.1 Å². The van der Waals surface area contributed by atoms with E-state index in [0.717, 1.165) is 13.2 Å². The van der Waals surface area contributed by atoms with Gasteiger partial charge in [0.05, 0.1) is 6.61 Å². The Hall–Kier alpha value is -0.930. The maximum Gasteiger partial charge on any atom is 0.0509 e. The highest BCUT2D eigenvalue weighted by atomic mass is 16.5. The highest BCUT2D eigenvalue weighted by molar-refractivity contribution is 5.16. The zero-order chi connectivity index (χ0) is 10.7. The predicted molar refractivity (Wildman–Crippen MR) is 59.6 cm³/mol. The first-order valence-corrected chi connectivity index (χ1v) is 5.42. The summed E-state index contributed by atoms with van der Waals surface area (Å²) in [6.45, 7) is 1.98. The van der Waals surface area contributed by atoms with Gasteiger partial charge in [0, 0.05) is 31.5 Å². The molecule has 82 valence electrons. The maximum atomic E-state index is 5.28. The number of pyridine rings is 1. The lowest BCUT2D eigenvalue weighted by Crippen LogP contribution is -2.23. The van der Waals surface area contributed by atoms with Crippen LogP contribution in [0, 0.1) is 5.92 Å². The minimum absolute atomic E-state index is 0.471. The van der Waals surface area contributed by atoms with Crippen LogP contribution in [-0.2, 0) is 4.74 Å². The van der Waals surface area contributed by atoms with Crippen molar-refractivity contribution < 1.29 is 4.74 Å². The summed E-state index contributed by atoms with van der Waals surface area (Å²) in [5.74, 6) is 0.601. The van der Waals surface area contributed by atoms with Crippen molar-refractivity contribution in [3.63, 3.8) is 0 Å². The van der Waals surface area contributed by atoms with E-state index in [-0.39, 0.29) is 0 Å². The number of hydrogen-bond donors (Lipinski definition) is 0. The molecule has 15 heavy (non-hydrogen) atoms. The topological polar surface area (TPSA) is 25.4 Å². The molecule has 1 saturated heterocycles. The maximum absolute atomic E-state index is 5.28. The molecule has 0 saturated carbocycles. The molecule has 0 radical (unpaired) electrons. The molecule has 0 N–H and O–H groups in total. The molecule has 1 fully saturated rings. The van der Waals surface area contributed by atoms with Crippen molar-refractivity contribution >= 4 is 0 Å². The van der Waals surface area contributed by atoms with Gasteiger partial charge in [-0.1, -0.05) is 6.07 Å². The third kappa shape index (κ3) is 2.19. The molecular weight excluding hydrogens is 188 g/mol. The molecule has 1 aromatic rings. The quantitative estimate of drug-likeness (QED) is 0.753. The molecule has 2 rings (SSSR count). The highest BCUT2D eigenvalue weighted by Crippen LogP contribution is 2.35. The van der Waals surface area contributed by atoms with Gasteiger partial charge in [-0.3, -0.25) is 9.88 Å². The van der Waals surface area contributed by atoms with E-state index < -0.39 is 0 Å². The SMILES string of the molecule is COC[C@@H]1CCN(C)C1c1cccnc1. The molecule has 1 unspecified atom stereocenters. The van der Waals surface area contributed by atoms with Gasteiger partial charge in [0.15, 0.2) is 0 Å². The summed E-state index contributed by atoms with van der Waals surface area (Å²) in [6.07, 6.45) is 5.00. The van der Waals surface area contributed by atoms with Crippen LogP contribution in [-0.4, -0.2) is 37.2 Å². The van der Waals surface area contributed by atoms with Gasteiger partial charge < -0.3 is 4.74 Å². The van der Waals surface area contributed by atoms with Crippen molar-refractivity contribution in [2.24, 2.45) is 5.92 Å². The Labute approximate surface area is 91.1 Å². The van der Waals surface area contributed by atoms with E-state index in [1.165, 1.54) is 12.0 Å². The van der Waals surface area contributed by atoms with E-state index in [4.69, 9.17) is 4.74 Å². The summed E-state index contributed by atoms with van der Waals surface area (Å²) in [5.41, 5.74) is 1.31. The van der Waals surface area contributed by atoms with Gasteiger partial charge in [-0.15, -0.1) is 0 Å². The minimum Gasteiger partial charge on any atom is -0.384 e. The molecular formula is C12H18N2O. The van der Waals surface area contributed by atoms with Crippen molar-refractivity contribution in [1.29, 1.82) is 0 Å². The summed E-state index contributed by atoms with van der Waals surface area (Å²) in [5, 5.41) is 0. The van der Waals surface area contributed by atoms with E-state index in [1.807, 2.05) is 18.5 Å².